The van der Waals surface area contributed by atoms with E-state index in [2.05, 4.69) is 15.5 Å². The number of nitriles is 1. The molecule has 21 heavy (non-hydrogen) atoms. The Labute approximate surface area is 121 Å². The van der Waals surface area contributed by atoms with Crippen molar-refractivity contribution in [3.8, 4) is 6.07 Å². The van der Waals surface area contributed by atoms with Gasteiger partial charge < -0.3 is 5.32 Å². The smallest absolute Gasteiger partial charge is 0.180 e. The Morgan fingerprint density at radius 2 is 1.86 bits per heavy atom. The number of sulfone groups is 1. The SMILES string of the molecule is N#Cc1ccc(NCCS(=O)(=O)c2ccc(F)cc2)nn1. The van der Waals surface area contributed by atoms with Gasteiger partial charge in [-0.25, -0.2) is 12.8 Å². The zero-order valence-corrected chi connectivity index (χ0v) is 11.6. The first-order chi connectivity index (χ1) is 10.0. The normalized spacial score (nSPS) is 10.9. The molecular weight excluding hydrogens is 295 g/mol. The maximum Gasteiger partial charge on any atom is 0.180 e. The molecular formula is C13H11FN4O2S. The predicted octanol–water partition coefficient (Wildman–Crippen LogP) is 1.37. The molecule has 0 fully saturated rings. The summed E-state index contributed by atoms with van der Waals surface area (Å²) in [5.41, 5.74) is 0.180. The lowest BCUT2D eigenvalue weighted by molar-refractivity contribution is 0.595. The van der Waals surface area contributed by atoms with Gasteiger partial charge in [0.2, 0.25) is 0 Å². The minimum absolute atomic E-state index is 0.0663. The van der Waals surface area contributed by atoms with Crippen molar-refractivity contribution >= 4 is 15.7 Å². The molecule has 0 radical (unpaired) electrons. The summed E-state index contributed by atoms with van der Waals surface area (Å²) >= 11 is 0. The summed E-state index contributed by atoms with van der Waals surface area (Å²) in [5.74, 6) is -0.274. The second kappa shape index (κ2) is 6.28. The summed E-state index contributed by atoms with van der Waals surface area (Å²) in [6.07, 6.45) is 0. The Bertz CT molecular complexity index is 752. The van der Waals surface area contributed by atoms with Gasteiger partial charge in [0.15, 0.2) is 15.5 Å². The van der Waals surface area contributed by atoms with Crippen LogP contribution in [-0.2, 0) is 9.84 Å². The maximum absolute atomic E-state index is 12.8. The molecule has 0 saturated heterocycles. The molecule has 0 saturated carbocycles. The van der Waals surface area contributed by atoms with Crippen LogP contribution in [0.4, 0.5) is 10.2 Å². The number of anilines is 1. The molecule has 0 spiro atoms. The van der Waals surface area contributed by atoms with Crippen molar-refractivity contribution in [2.24, 2.45) is 0 Å². The Hall–Kier alpha value is -2.53. The van der Waals surface area contributed by atoms with Crippen molar-refractivity contribution in [3.05, 3.63) is 47.9 Å². The lowest BCUT2D eigenvalue weighted by Gasteiger charge is -2.06. The molecule has 1 heterocycles. The fourth-order valence-corrected chi connectivity index (χ4v) is 2.72. The molecule has 0 aliphatic rings. The maximum atomic E-state index is 12.8. The van der Waals surface area contributed by atoms with Crippen LogP contribution in [0.15, 0.2) is 41.3 Å². The van der Waals surface area contributed by atoms with Crippen LogP contribution >= 0.6 is 0 Å². The molecule has 2 rings (SSSR count). The third-order valence-corrected chi connectivity index (χ3v) is 4.36. The molecule has 6 nitrogen and oxygen atoms in total. The van der Waals surface area contributed by atoms with Gasteiger partial charge in [0, 0.05) is 6.54 Å². The van der Waals surface area contributed by atoms with Gasteiger partial charge >= 0.3 is 0 Å². The van der Waals surface area contributed by atoms with E-state index in [4.69, 9.17) is 5.26 Å². The van der Waals surface area contributed by atoms with Gasteiger partial charge in [-0.2, -0.15) is 5.26 Å². The highest BCUT2D eigenvalue weighted by Crippen LogP contribution is 2.12. The summed E-state index contributed by atoms with van der Waals surface area (Å²) in [5, 5.41) is 18.7. The van der Waals surface area contributed by atoms with E-state index in [1.54, 1.807) is 0 Å². The summed E-state index contributed by atoms with van der Waals surface area (Å²) < 4.78 is 36.7. The third-order valence-electron chi connectivity index (χ3n) is 2.63. The zero-order valence-electron chi connectivity index (χ0n) is 10.8. The number of hydrogen-bond donors (Lipinski definition) is 1. The number of nitrogens with zero attached hydrogens (tertiary/aromatic N) is 3. The first-order valence-electron chi connectivity index (χ1n) is 5.97. The topological polar surface area (TPSA) is 95.7 Å². The van der Waals surface area contributed by atoms with Crippen LogP contribution in [0.2, 0.25) is 0 Å². The highest BCUT2D eigenvalue weighted by molar-refractivity contribution is 7.91. The van der Waals surface area contributed by atoms with Crippen LogP contribution in [0, 0.1) is 17.1 Å². The molecule has 1 N–H and O–H groups in total. The third kappa shape index (κ3) is 3.97. The fraction of sp³-hybridized carbons (Fsp3) is 0.154. The number of aromatic nitrogens is 2. The zero-order chi connectivity index (χ0) is 15.3. The Balaban J connectivity index is 1.95. The van der Waals surface area contributed by atoms with Crippen LogP contribution < -0.4 is 5.32 Å². The molecule has 0 amide bonds. The van der Waals surface area contributed by atoms with Gasteiger partial charge in [-0.1, -0.05) is 0 Å². The van der Waals surface area contributed by atoms with Crippen molar-refractivity contribution in [2.75, 3.05) is 17.6 Å². The lowest BCUT2D eigenvalue weighted by atomic mass is 10.4. The molecule has 0 unspecified atom stereocenters. The summed E-state index contributed by atoms with van der Waals surface area (Å²) in [6, 6.07) is 9.51. The number of rotatable bonds is 5. The molecule has 0 bridgehead atoms. The van der Waals surface area contributed by atoms with Crippen LogP contribution in [0.25, 0.3) is 0 Å². The highest BCUT2D eigenvalue weighted by Gasteiger charge is 2.14. The molecule has 2 aromatic rings. The molecule has 1 aromatic heterocycles. The van der Waals surface area contributed by atoms with Gasteiger partial charge in [0.05, 0.1) is 10.6 Å². The molecule has 0 aliphatic heterocycles. The summed E-state index contributed by atoms with van der Waals surface area (Å²) in [4.78, 5) is 0.0663. The number of benzene rings is 1. The van der Waals surface area contributed by atoms with Crippen molar-refractivity contribution < 1.29 is 12.8 Å². The van der Waals surface area contributed by atoms with E-state index >= 15 is 0 Å². The quantitative estimate of drug-likeness (QED) is 0.838. The van der Waals surface area contributed by atoms with E-state index in [9.17, 15) is 12.8 Å². The first-order valence-corrected chi connectivity index (χ1v) is 7.62. The van der Waals surface area contributed by atoms with Crippen LogP contribution in [-0.4, -0.2) is 30.9 Å². The average molecular weight is 306 g/mol. The molecule has 1 aromatic carbocycles. The van der Waals surface area contributed by atoms with Crippen LogP contribution in [0.3, 0.4) is 0 Å². The fourth-order valence-electron chi connectivity index (χ4n) is 1.56. The molecule has 8 heteroatoms. The van der Waals surface area contributed by atoms with E-state index in [-0.39, 0.29) is 22.9 Å². The van der Waals surface area contributed by atoms with Crippen molar-refractivity contribution in [3.63, 3.8) is 0 Å². The van der Waals surface area contributed by atoms with E-state index in [1.807, 2.05) is 6.07 Å². The van der Waals surface area contributed by atoms with Gasteiger partial charge in [0.1, 0.15) is 17.7 Å². The number of hydrogen-bond acceptors (Lipinski definition) is 6. The van der Waals surface area contributed by atoms with Crippen LogP contribution in [0.1, 0.15) is 5.69 Å². The summed E-state index contributed by atoms with van der Waals surface area (Å²) in [6.45, 7) is 0.125. The van der Waals surface area contributed by atoms with Gasteiger partial charge in [0.25, 0.3) is 0 Å². The van der Waals surface area contributed by atoms with Crippen molar-refractivity contribution in [1.29, 1.82) is 5.26 Å². The number of halogens is 1. The molecule has 0 atom stereocenters. The lowest BCUT2D eigenvalue weighted by Crippen LogP contribution is -2.16. The first kappa shape index (κ1) is 14.9. The minimum Gasteiger partial charge on any atom is -0.368 e. The van der Waals surface area contributed by atoms with Crippen molar-refractivity contribution in [1.82, 2.24) is 10.2 Å². The Morgan fingerprint density at radius 1 is 1.14 bits per heavy atom. The van der Waals surface area contributed by atoms with Crippen molar-refractivity contribution in [2.45, 2.75) is 4.90 Å². The average Bonchev–Trinajstić information content (AvgIpc) is 2.48. The molecule has 0 aliphatic carbocycles. The Morgan fingerprint density at radius 3 is 2.43 bits per heavy atom. The number of nitrogens with one attached hydrogen (secondary N) is 1. The monoisotopic (exact) mass is 306 g/mol. The summed E-state index contributed by atoms with van der Waals surface area (Å²) in [7, 11) is -3.49. The van der Waals surface area contributed by atoms with E-state index in [1.165, 1.54) is 24.3 Å². The van der Waals surface area contributed by atoms with E-state index in [0.717, 1.165) is 12.1 Å². The largest absolute Gasteiger partial charge is 0.368 e. The Kier molecular flexibility index (Phi) is 4.45. The predicted molar refractivity (Wildman–Crippen MR) is 73.7 cm³/mol. The van der Waals surface area contributed by atoms with Gasteiger partial charge in [-0.15, -0.1) is 10.2 Å². The van der Waals surface area contributed by atoms with E-state index in [0.29, 0.717) is 5.82 Å². The highest BCUT2D eigenvalue weighted by atomic mass is 32.2. The standard InChI is InChI=1S/C13H11FN4O2S/c14-10-1-4-12(5-2-10)21(19,20)8-7-16-13-6-3-11(9-15)17-18-13/h1-6H,7-8H2,(H,16,18). The minimum atomic E-state index is -3.49. The van der Waals surface area contributed by atoms with Crippen LogP contribution in [0.5, 0.6) is 0 Å². The second-order valence-electron chi connectivity index (χ2n) is 4.12. The van der Waals surface area contributed by atoms with Gasteiger partial charge in [-0.3, -0.25) is 0 Å². The second-order valence-corrected chi connectivity index (χ2v) is 6.22. The van der Waals surface area contributed by atoms with Gasteiger partial charge in [-0.05, 0) is 36.4 Å². The van der Waals surface area contributed by atoms with E-state index < -0.39 is 15.7 Å². The molecule has 108 valence electrons.